The van der Waals surface area contributed by atoms with Gasteiger partial charge in [0, 0.05) is 19.4 Å². The Morgan fingerprint density at radius 2 is 0.852 bits per heavy atom. The zero-order valence-corrected chi connectivity index (χ0v) is 35.2. The van der Waals surface area contributed by atoms with Gasteiger partial charge in [-0.1, -0.05) is 170 Å². The first-order valence-corrected chi connectivity index (χ1v) is 22.1. The van der Waals surface area contributed by atoms with Gasteiger partial charge < -0.3 is 14.2 Å². The summed E-state index contributed by atoms with van der Waals surface area (Å²) in [6.45, 7) is 7.51. The van der Waals surface area contributed by atoms with E-state index in [9.17, 15) is 9.59 Å². The molecular formula is C49H82O5. The van der Waals surface area contributed by atoms with Crippen molar-refractivity contribution in [1.29, 1.82) is 0 Å². The van der Waals surface area contributed by atoms with E-state index < -0.39 is 6.10 Å². The summed E-state index contributed by atoms with van der Waals surface area (Å²) in [6.07, 6.45) is 57.5. The van der Waals surface area contributed by atoms with Crippen molar-refractivity contribution in [3.05, 3.63) is 85.1 Å². The third kappa shape index (κ3) is 41.8. The fraction of sp³-hybridized carbons (Fsp3) is 0.673. The first-order valence-electron chi connectivity index (χ1n) is 22.1. The van der Waals surface area contributed by atoms with E-state index in [1.807, 2.05) is 0 Å². The second-order valence-electron chi connectivity index (χ2n) is 14.2. The van der Waals surface area contributed by atoms with Crippen LogP contribution in [0.3, 0.4) is 0 Å². The van der Waals surface area contributed by atoms with Crippen LogP contribution >= 0.6 is 0 Å². The zero-order valence-electron chi connectivity index (χ0n) is 35.2. The topological polar surface area (TPSA) is 61.8 Å². The van der Waals surface area contributed by atoms with E-state index in [1.54, 1.807) is 0 Å². The third-order valence-electron chi connectivity index (χ3n) is 8.92. The highest BCUT2D eigenvalue weighted by atomic mass is 16.6. The van der Waals surface area contributed by atoms with Crippen molar-refractivity contribution in [2.24, 2.45) is 0 Å². The standard InChI is InChI=1S/C49H82O5/c1-4-7-10-13-15-17-19-21-23-25-26-28-30-32-34-37-39-42-48(50)53-46-47(54-49(51)43-40-36-12-9-6-3)45-52-44-41-38-35-33-31-29-27-24-22-20-18-16-14-11-8-5-2/h7,10,15-18,21-24,26,28,32,34,47H,4-6,8-9,11-14,19-20,25,27,29-31,33,35-46H2,1-3H3/b10-7-,17-15-,18-16-,23-21-,24-22-,28-26-,34-32-. The van der Waals surface area contributed by atoms with Gasteiger partial charge in [0.1, 0.15) is 6.61 Å². The summed E-state index contributed by atoms with van der Waals surface area (Å²) < 4.78 is 17.1. The van der Waals surface area contributed by atoms with Crippen LogP contribution in [-0.4, -0.2) is 37.9 Å². The zero-order chi connectivity index (χ0) is 39.3. The Labute approximate surface area is 333 Å². The van der Waals surface area contributed by atoms with Crippen LogP contribution in [0.1, 0.15) is 188 Å². The fourth-order valence-corrected chi connectivity index (χ4v) is 5.63. The van der Waals surface area contributed by atoms with E-state index in [2.05, 4.69) is 106 Å². The molecule has 1 atom stereocenters. The van der Waals surface area contributed by atoms with Crippen molar-refractivity contribution in [2.75, 3.05) is 19.8 Å². The van der Waals surface area contributed by atoms with E-state index in [1.165, 1.54) is 70.6 Å². The van der Waals surface area contributed by atoms with Gasteiger partial charge in [0.2, 0.25) is 0 Å². The number of unbranched alkanes of at least 4 members (excludes halogenated alkanes) is 14. The molecule has 0 aromatic heterocycles. The Kier molecular flexibility index (Phi) is 42.1. The number of hydrogen-bond acceptors (Lipinski definition) is 5. The molecule has 0 radical (unpaired) electrons. The number of rotatable bonds is 39. The van der Waals surface area contributed by atoms with Crippen molar-refractivity contribution < 1.29 is 23.8 Å². The van der Waals surface area contributed by atoms with Crippen molar-refractivity contribution in [1.82, 2.24) is 0 Å². The summed E-state index contributed by atoms with van der Waals surface area (Å²) in [7, 11) is 0. The van der Waals surface area contributed by atoms with Gasteiger partial charge >= 0.3 is 11.9 Å². The summed E-state index contributed by atoms with van der Waals surface area (Å²) in [4.78, 5) is 25.0. The molecule has 5 heteroatoms. The van der Waals surface area contributed by atoms with Crippen LogP contribution in [0.4, 0.5) is 0 Å². The maximum absolute atomic E-state index is 12.5. The lowest BCUT2D eigenvalue weighted by atomic mass is 10.1. The molecule has 1 unspecified atom stereocenters. The molecule has 0 bridgehead atoms. The minimum Gasteiger partial charge on any atom is -0.462 e. The third-order valence-corrected chi connectivity index (χ3v) is 8.92. The lowest BCUT2D eigenvalue weighted by molar-refractivity contribution is -0.163. The molecule has 0 aliphatic rings. The molecule has 0 aliphatic carbocycles. The highest BCUT2D eigenvalue weighted by molar-refractivity contribution is 5.70. The Hall–Kier alpha value is -2.92. The second-order valence-corrected chi connectivity index (χ2v) is 14.2. The van der Waals surface area contributed by atoms with Gasteiger partial charge in [-0.05, 0) is 89.9 Å². The smallest absolute Gasteiger partial charge is 0.306 e. The first kappa shape index (κ1) is 51.1. The van der Waals surface area contributed by atoms with E-state index in [-0.39, 0.29) is 25.2 Å². The van der Waals surface area contributed by atoms with Crippen molar-refractivity contribution in [3.8, 4) is 0 Å². The monoisotopic (exact) mass is 751 g/mol. The highest BCUT2D eigenvalue weighted by Crippen LogP contribution is 2.11. The van der Waals surface area contributed by atoms with Crippen LogP contribution in [0.2, 0.25) is 0 Å². The SMILES string of the molecule is CC/C=C\C/C=C\C/C=C\C/C=C\C/C=C\CCCC(=O)OCC(COCCCCCCCC/C=C\C/C=C\CCCCC)OC(=O)CCCCCCC. The van der Waals surface area contributed by atoms with Gasteiger partial charge in [-0.3, -0.25) is 9.59 Å². The van der Waals surface area contributed by atoms with Crippen LogP contribution in [0.5, 0.6) is 0 Å². The normalized spacial score (nSPS) is 13.0. The Balaban J connectivity index is 4.20. The van der Waals surface area contributed by atoms with E-state index in [4.69, 9.17) is 14.2 Å². The molecule has 0 saturated carbocycles. The van der Waals surface area contributed by atoms with Crippen molar-refractivity contribution >= 4 is 11.9 Å². The van der Waals surface area contributed by atoms with Gasteiger partial charge in [0.15, 0.2) is 6.10 Å². The Morgan fingerprint density at radius 3 is 1.43 bits per heavy atom. The molecular weight excluding hydrogens is 669 g/mol. The van der Waals surface area contributed by atoms with Crippen molar-refractivity contribution in [2.45, 2.75) is 194 Å². The number of allylic oxidation sites excluding steroid dienone is 14. The molecule has 0 heterocycles. The van der Waals surface area contributed by atoms with Gasteiger partial charge in [-0.15, -0.1) is 0 Å². The number of esters is 2. The molecule has 0 aromatic carbocycles. The molecule has 5 nitrogen and oxygen atoms in total. The van der Waals surface area contributed by atoms with Gasteiger partial charge in [0.25, 0.3) is 0 Å². The molecule has 0 rings (SSSR count). The molecule has 0 fully saturated rings. The molecule has 0 N–H and O–H groups in total. The number of carbonyl (C=O) groups excluding carboxylic acids is 2. The van der Waals surface area contributed by atoms with E-state index >= 15 is 0 Å². The summed E-state index contributed by atoms with van der Waals surface area (Å²) in [5, 5.41) is 0. The number of carbonyl (C=O) groups is 2. The fourth-order valence-electron chi connectivity index (χ4n) is 5.63. The summed E-state index contributed by atoms with van der Waals surface area (Å²) in [6, 6.07) is 0. The van der Waals surface area contributed by atoms with Crippen LogP contribution in [0.25, 0.3) is 0 Å². The number of hydrogen-bond donors (Lipinski definition) is 0. The van der Waals surface area contributed by atoms with Gasteiger partial charge in [-0.25, -0.2) is 0 Å². The van der Waals surface area contributed by atoms with E-state index in [0.29, 0.717) is 19.4 Å². The lowest BCUT2D eigenvalue weighted by Gasteiger charge is -2.18. The summed E-state index contributed by atoms with van der Waals surface area (Å²) >= 11 is 0. The molecule has 54 heavy (non-hydrogen) atoms. The number of ether oxygens (including phenoxy) is 3. The quantitative estimate of drug-likeness (QED) is 0.0356. The highest BCUT2D eigenvalue weighted by Gasteiger charge is 2.17. The molecule has 0 saturated heterocycles. The van der Waals surface area contributed by atoms with Gasteiger partial charge in [0.05, 0.1) is 6.61 Å². The largest absolute Gasteiger partial charge is 0.462 e. The van der Waals surface area contributed by atoms with Gasteiger partial charge in [-0.2, -0.15) is 0 Å². The summed E-state index contributed by atoms with van der Waals surface area (Å²) in [5.41, 5.74) is 0. The Morgan fingerprint density at radius 1 is 0.426 bits per heavy atom. The van der Waals surface area contributed by atoms with E-state index in [0.717, 1.165) is 83.5 Å². The molecule has 0 spiro atoms. The minimum absolute atomic E-state index is 0.0474. The minimum atomic E-state index is -0.562. The maximum Gasteiger partial charge on any atom is 0.306 e. The maximum atomic E-state index is 12.5. The first-order chi connectivity index (χ1) is 26.6. The lowest BCUT2D eigenvalue weighted by Crippen LogP contribution is -2.30. The Bertz CT molecular complexity index is 1030. The predicted octanol–water partition coefficient (Wildman–Crippen LogP) is 14.6. The second kappa shape index (κ2) is 44.5. The van der Waals surface area contributed by atoms with Crippen LogP contribution < -0.4 is 0 Å². The predicted molar refractivity (Wildman–Crippen MR) is 233 cm³/mol. The van der Waals surface area contributed by atoms with Crippen molar-refractivity contribution in [3.63, 3.8) is 0 Å². The molecule has 0 aliphatic heterocycles. The average molecular weight is 751 g/mol. The molecule has 0 aromatic rings. The van der Waals surface area contributed by atoms with Crippen LogP contribution in [0, 0.1) is 0 Å². The summed E-state index contributed by atoms with van der Waals surface area (Å²) in [5.74, 6) is -0.489. The average Bonchev–Trinajstić information content (AvgIpc) is 3.17. The van der Waals surface area contributed by atoms with Crippen LogP contribution in [0.15, 0.2) is 85.1 Å². The van der Waals surface area contributed by atoms with Crippen LogP contribution in [-0.2, 0) is 23.8 Å². The molecule has 308 valence electrons. The molecule has 0 amide bonds.